The molecule has 1 aromatic heterocycles. The Morgan fingerprint density at radius 2 is 1.83 bits per heavy atom. The lowest BCUT2D eigenvalue weighted by molar-refractivity contribution is -0.625. The van der Waals surface area contributed by atoms with E-state index in [0.29, 0.717) is 34.9 Å². The van der Waals surface area contributed by atoms with Gasteiger partial charge in [-0.15, -0.1) is 0 Å². The van der Waals surface area contributed by atoms with E-state index >= 15 is 0 Å². The molecule has 0 N–H and O–H groups in total. The molecule has 0 unspecified atom stereocenters. The van der Waals surface area contributed by atoms with E-state index < -0.39 is 0 Å². The number of hydrogen-bond acceptors (Lipinski definition) is 3. The third-order valence-corrected chi connectivity index (χ3v) is 4.46. The Bertz CT molecular complexity index is 673. The third-order valence-electron chi connectivity index (χ3n) is 3.74. The second-order valence-electron chi connectivity index (χ2n) is 6.65. The van der Waals surface area contributed by atoms with Crippen LogP contribution in [0.1, 0.15) is 56.3 Å². The van der Waals surface area contributed by atoms with Crippen LogP contribution in [0, 0.1) is 11.1 Å². The molecule has 1 heterocycles. The fraction of sp³-hybridized carbons (Fsp3) is 0.474. The van der Waals surface area contributed by atoms with Crippen LogP contribution in [0.5, 0.6) is 5.88 Å². The summed E-state index contributed by atoms with van der Waals surface area (Å²) in [6.07, 6.45) is 0.655. The summed E-state index contributed by atoms with van der Waals surface area (Å²) in [4.78, 5) is 4.69. The fourth-order valence-corrected chi connectivity index (χ4v) is 3.22. The van der Waals surface area contributed by atoms with E-state index in [0.717, 1.165) is 21.7 Å². The maximum absolute atomic E-state index is 13.0. The van der Waals surface area contributed by atoms with E-state index in [1.807, 2.05) is 44.2 Å². The van der Waals surface area contributed by atoms with E-state index in [2.05, 4.69) is 36.4 Å². The zero-order valence-electron chi connectivity index (χ0n) is 14.8. The maximum Gasteiger partial charge on any atom is 0.285 e. The number of ether oxygens (including phenoxy) is 1. The monoisotopic (exact) mass is 440 g/mol. The summed E-state index contributed by atoms with van der Waals surface area (Å²) >= 11 is 2.25. The lowest BCUT2D eigenvalue weighted by Gasteiger charge is -2.18. The second-order valence-corrected chi connectivity index (χ2v) is 7.41. The third kappa shape index (κ3) is 4.59. The zero-order chi connectivity index (χ0) is 17.7. The largest absolute Gasteiger partial charge is 0.618 e. The molecule has 24 heavy (non-hydrogen) atoms. The summed E-state index contributed by atoms with van der Waals surface area (Å²) in [5, 5.41) is 13.0. The van der Waals surface area contributed by atoms with Gasteiger partial charge < -0.3 is 9.94 Å². The number of benzene rings is 1. The molecular weight excluding hydrogens is 415 g/mol. The van der Waals surface area contributed by atoms with Crippen LogP contribution in [0.2, 0.25) is 0 Å². The number of nitrogens with zero attached hydrogens (tertiary/aromatic N) is 2. The summed E-state index contributed by atoms with van der Waals surface area (Å²) in [7, 11) is 0. The first-order valence-electron chi connectivity index (χ1n) is 8.31. The van der Waals surface area contributed by atoms with Crippen molar-refractivity contribution < 1.29 is 9.47 Å². The molecule has 0 atom stereocenters. The summed E-state index contributed by atoms with van der Waals surface area (Å²) in [5.74, 6) is 0.962. The zero-order valence-corrected chi connectivity index (χ0v) is 16.9. The van der Waals surface area contributed by atoms with Crippen molar-refractivity contribution in [2.24, 2.45) is 5.92 Å². The van der Waals surface area contributed by atoms with E-state index in [-0.39, 0.29) is 5.92 Å². The van der Waals surface area contributed by atoms with Gasteiger partial charge in [0.05, 0.1) is 0 Å². The minimum Gasteiger partial charge on any atom is -0.618 e. The van der Waals surface area contributed by atoms with Crippen LogP contribution in [0.4, 0.5) is 0 Å². The standard InChI is InChI=1S/C19H25IN2O2/c1-13(2)10-17-19(24-12-15-8-6-5-7-9-15)21-16(11-20)18(14(3)4)22(17)23/h5-9,13-14H,10-12H2,1-4H3. The van der Waals surface area contributed by atoms with E-state index in [4.69, 9.17) is 9.72 Å². The molecule has 0 aliphatic heterocycles. The van der Waals surface area contributed by atoms with Gasteiger partial charge in [0.25, 0.3) is 11.6 Å². The van der Waals surface area contributed by atoms with Gasteiger partial charge in [-0.1, -0.05) is 80.6 Å². The van der Waals surface area contributed by atoms with Gasteiger partial charge in [0, 0.05) is 16.8 Å². The molecule has 0 spiro atoms. The normalized spacial score (nSPS) is 11.3. The molecule has 0 bridgehead atoms. The highest BCUT2D eigenvalue weighted by Gasteiger charge is 2.27. The van der Waals surface area contributed by atoms with Gasteiger partial charge in [0.2, 0.25) is 5.69 Å². The molecule has 2 aromatic rings. The Balaban J connectivity index is 2.42. The molecule has 0 saturated carbocycles. The average Bonchev–Trinajstić information content (AvgIpc) is 2.55. The molecule has 5 heteroatoms. The van der Waals surface area contributed by atoms with Crippen molar-refractivity contribution in [3.05, 3.63) is 58.2 Å². The van der Waals surface area contributed by atoms with Gasteiger partial charge in [0.1, 0.15) is 12.3 Å². The van der Waals surface area contributed by atoms with Crippen LogP contribution in [0.15, 0.2) is 30.3 Å². The predicted molar refractivity (Wildman–Crippen MR) is 104 cm³/mol. The van der Waals surface area contributed by atoms with Gasteiger partial charge in [-0.3, -0.25) is 0 Å². The van der Waals surface area contributed by atoms with Crippen molar-refractivity contribution in [1.82, 2.24) is 4.98 Å². The maximum atomic E-state index is 13.0. The van der Waals surface area contributed by atoms with Crippen LogP contribution in [0.3, 0.4) is 0 Å². The molecule has 0 saturated heterocycles. The van der Waals surface area contributed by atoms with Crippen LogP contribution in [0.25, 0.3) is 0 Å². The highest BCUT2D eigenvalue weighted by molar-refractivity contribution is 14.1. The Morgan fingerprint density at radius 3 is 2.38 bits per heavy atom. The number of aromatic nitrogens is 2. The fourth-order valence-electron chi connectivity index (χ4n) is 2.66. The number of halogens is 1. The van der Waals surface area contributed by atoms with Crippen molar-refractivity contribution >= 4 is 22.6 Å². The van der Waals surface area contributed by atoms with Gasteiger partial charge >= 0.3 is 0 Å². The lowest BCUT2D eigenvalue weighted by atomic mass is 10.0. The predicted octanol–water partition coefficient (Wildman–Crippen LogP) is 4.55. The Morgan fingerprint density at radius 1 is 1.17 bits per heavy atom. The molecule has 0 amide bonds. The number of alkyl halides is 1. The first kappa shape index (κ1) is 19.0. The molecule has 0 aliphatic rings. The average molecular weight is 440 g/mol. The summed E-state index contributed by atoms with van der Waals surface area (Å²) in [6.45, 7) is 8.68. The van der Waals surface area contributed by atoms with E-state index in [1.165, 1.54) is 0 Å². The molecule has 0 radical (unpaired) electrons. The van der Waals surface area contributed by atoms with Crippen LogP contribution in [-0.2, 0) is 17.5 Å². The summed E-state index contributed by atoms with van der Waals surface area (Å²) in [6, 6.07) is 9.95. The Hall–Kier alpha value is -1.37. The molecule has 130 valence electrons. The van der Waals surface area contributed by atoms with E-state index in [9.17, 15) is 5.21 Å². The Labute approximate surface area is 158 Å². The summed E-state index contributed by atoms with van der Waals surface area (Å²) in [5.41, 5.74) is 3.28. The topological polar surface area (TPSA) is 49.1 Å². The van der Waals surface area contributed by atoms with Crippen LogP contribution >= 0.6 is 22.6 Å². The van der Waals surface area contributed by atoms with Crippen molar-refractivity contribution in [2.45, 2.75) is 51.1 Å². The first-order chi connectivity index (χ1) is 11.4. The van der Waals surface area contributed by atoms with Crippen LogP contribution in [-0.4, -0.2) is 4.98 Å². The van der Waals surface area contributed by atoms with Crippen molar-refractivity contribution in [3.63, 3.8) is 0 Å². The number of rotatable bonds is 7. The van der Waals surface area contributed by atoms with Crippen molar-refractivity contribution in [1.29, 1.82) is 0 Å². The molecular formula is C19H25IN2O2. The van der Waals surface area contributed by atoms with Crippen LogP contribution < -0.4 is 9.47 Å². The second kappa shape index (κ2) is 8.65. The molecule has 0 aliphatic carbocycles. The summed E-state index contributed by atoms with van der Waals surface area (Å²) < 4.78 is 7.70. The first-order valence-corrected chi connectivity index (χ1v) is 9.84. The molecule has 0 fully saturated rings. The van der Waals surface area contributed by atoms with Crippen molar-refractivity contribution in [3.8, 4) is 5.88 Å². The smallest absolute Gasteiger partial charge is 0.285 e. The highest BCUT2D eigenvalue weighted by atomic mass is 127. The quantitative estimate of drug-likeness (QED) is 0.275. The lowest BCUT2D eigenvalue weighted by Crippen LogP contribution is -2.40. The Kier molecular flexibility index (Phi) is 6.83. The van der Waals surface area contributed by atoms with E-state index in [1.54, 1.807) is 0 Å². The van der Waals surface area contributed by atoms with Gasteiger partial charge in [-0.05, 0) is 11.5 Å². The van der Waals surface area contributed by atoms with Crippen molar-refractivity contribution in [2.75, 3.05) is 0 Å². The van der Waals surface area contributed by atoms with Gasteiger partial charge in [-0.25, -0.2) is 4.98 Å². The SMILES string of the molecule is CC(C)Cc1c(OCc2ccccc2)nc(CI)c(C(C)C)[n+]1[O-]. The number of hydrogen-bond donors (Lipinski definition) is 0. The van der Waals surface area contributed by atoms with Gasteiger partial charge in [-0.2, -0.15) is 4.73 Å². The van der Waals surface area contributed by atoms with Gasteiger partial charge in [0.15, 0.2) is 0 Å². The highest BCUT2D eigenvalue weighted by Crippen LogP contribution is 2.24. The minimum atomic E-state index is 0.133. The molecule has 1 aromatic carbocycles. The minimum absolute atomic E-state index is 0.133. The molecule has 4 nitrogen and oxygen atoms in total. The molecule has 2 rings (SSSR count).